The largest absolute Gasteiger partial charge is 0.457 e. The molecule has 2 aromatic heterocycles. The van der Waals surface area contributed by atoms with Gasteiger partial charge in [0, 0.05) is 11.3 Å². The predicted molar refractivity (Wildman–Crippen MR) is 136 cm³/mol. The lowest BCUT2D eigenvalue weighted by molar-refractivity contribution is -0.116. The maximum atomic E-state index is 12.8. The van der Waals surface area contributed by atoms with E-state index in [1.54, 1.807) is 4.68 Å². The molecule has 0 saturated heterocycles. The van der Waals surface area contributed by atoms with E-state index in [2.05, 4.69) is 26.4 Å². The van der Waals surface area contributed by atoms with Gasteiger partial charge in [0.2, 0.25) is 5.91 Å². The number of fused-ring (bicyclic) bond motifs is 1. The second kappa shape index (κ2) is 9.26. The minimum absolute atomic E-state index is 0.0187. The second-order valence-electron chi connectivity index (χ2n) is 8.33. The quantitative estimate of drug-likeness (QED) is 0.361. The van der Waals surface area contributed by atoms with Gasteiger partial charge in [-0.3, -0.25) is 4.79 Å². The molecule has 174 valence electrons. The van der Waals surface area contributed by atoms with Crippen molar-refractivity contribution in [2.45, 2.75) is 20.4 Å². The number of aromatic nitrogens is 4. The first-order valence-corrected chi connectivity index (χ1v) is 11.1. The first kappa shape index (κ1) is 22.1. The summed E-state index contributed by atoms with van der Waals surface area (Å²) in [5, 5.41) is 8.22. The second-order valence-corrected chi connectivity index (χ2v) is 8.33. The Labute approximate surface area is 202 Å². The summed E-state index contributed by atoms with van der Waals surface area (Å²) in [7, 11) is 0. The fourth-order valence-electron chi connectivity index (χ4n) is 4.03. The number of nitrogens with zero attached hydrogens (tertiary/aromatic N) is 4. The monoisotopic (exact) mass is 464 g/mol. The number of ether oxygens (including phenoxy) is 1. The summed E-state index contributed by atoms with van der Waals surface area (Å²) < 4.78 is 7.43. The molecular weight excluding hydrogens is 440 g/mol. The van der Waals surface area contributed by atoms with Crippen molar-refractivity contribution in [1.82, 2.24) is 19.7 Å². The fourth-order valence-corrected chi connectivity index (χ4v) is 4.03. The van der Waals surface area contributed by atoms with Crippen molar-refractivity contribution in [2.24, 2.45) is 0 Å². The maximum absolute atomic E-state index is 12.8. The van der Waals surface area contributed by atoms with Gasteiger partial charge in [0.25, 0.3) is 0 Å². The van der Waals surface area contributed by atoms with E-state index >= 15 is 0 Å². The highest BCUT2D eigenvalue weighted by molar-refractivity contribution is 5.99. The number of carbonyl (C=O) groups excluding carboxylic acids is 1. The number of nitrogens with one attached hydrogen (secondary N) is 1. The van der Waals surface area contributed by atoms with Crippen molar-refractivity contribution >= 4 is 28.4 Å². The van der Waals surface area contributed by atoms with Crippen molar-refractivity contribution in [1.29, 1.82) is 0 Å². The summed E-state index contributed by atoms with van der Waals surface area (Å²) in [4.78, 5) is 21.3. The molecule has 0 bridgehead atoms. The number of carbonyl (C=O) groups is 1. The minimum atomic E-state index is -0.213. The van der Waals surface area contributed by atoms with Crippen LogP contribution in [0, 0.1) is 13.8 Å². The molecule has 35 heavy (non-hydrogen) atoms. The van der Waals surface area contributed by atoms with Crippen LogP contribution in [0.3, 0.4) is 0 Å². The zero-order chi connectivity index (χ0) is 24.4. The molecule has 0 spiro atoms. The molecule has 2 heterocycles. The molecular formula is C27H24N6O2. The molecule has 0 aliphatic carbocycles. The van der Waals surface area contributed by atoms with E-state index in [1.165, 1.54) is 6.33 Å². The van der Waals surface area contributed by atoms with Crippen LogP contribution in [0.5, 0.6) is 11.5 Å². The molecule has 0 unspecified atom stereocenters. The molecule has 0 saturated carbocycles. The fraction of sp³-hybridized carbons (Fsp3) is 0.111. The zero-order valence-electron chi connectivity index (χ0n) is 19.4. The Morgan fingerprint density at radius 1 is 0.943 bits per heavy atom. The van der Waals surface area contributed by atoms with Crippen LogP contribution in [-0.2, 0) is 11.3 Å². The molecule has 5 aromatic rings. The van der Waals surface area contributed by atoms with Crippen LogP contribution >= 0.6 is 0 Å². The van der Waals surface area contributed by atoms with Gasteiger partial charge in [0.05, 0.1) is 5.39 Å². The highest BCUT2D eigenvalue weighted by Crippen LogP contribution is 2.32. The standard InChI is InChI=1S/C27H24N6O2/c1-17-12-18(2)14-20(13-17)31-23(34)15-33-27-24(26(28)29-16-30-27)25(32-33)19-8-10-22(11-9-19)35-21-6-4-3-5-7-21/h3-14,16H,15H2,1-2H3,(H,31,34)(H2,28,29,30). The van der Waals surface area contributed by atoms with Crippen molar-refractivity contribution in [3.05, 3.63) is 90.3 Å². The number of nitrogens with two attached hydrogens (primary N) is 1. The normalized spacial score (nSPS) is 10.9. The number of rotatable bonds is 6. The van der Waals surface area contributed by atoms with E-state index in [4.69, 9.17) is 10.5 Å². The highest BCUT2D eigenvalue weighted by atomic mass is 16.5. The molecule has 8 heteroatoms. The van der Waals surface area contributed by atoms with Crippen LogP contribution in [0.25, 0.3) is 22.3 Å². The summed E-state index contributed by atoms with van der Waals surface area (Å²) in [6.07, 6.45) is 1.37. The minimum Gasteiger partial charge on any atom is -0.457 e. The van der Waals surface area contributed by atoms with Gasteiger partial charge < -0.3 is 15.8 Å². The lowest BCUT2D eigenvalue weighted by Gasteiger charge is -2.08. The van der Waals surface area contributed by atoms with Crippen LogP contribution in [0.4, 0.5) is 11.5 Å². The summed E-state index contributed by atoms with van der Waals surface area (Å²) in [5.41, 5.74) is 11.0. The Hall–Kier alpha value is -4.72. The highest BCUT2D eigenvalue weighted by Gasteiger charge is 2.19. The number of hydrogen-bond donors (Lipinski definition) is 2. The van der Waals surface area contributed by atoms with Gasteiger partial charge in [0.15, 0.2) is 5.65 Å². The van der Waals surface area contributed by atoms with E-state index in [1.807, 2.05) is 80.6 Å². The summed E-state index contributed by atoms with van der Waals surface area (Å²) in [6.45, 7) is 3.97. The average molecular weight is 465 g/mol. The van der Waals surface area contributed by atoms with Crippen LogP contribution in [0.15, 0.2) is 79.1 Å². The van der Waals surface area contributed by atoms with Gasteiger partial charge >= 0.3 is 0 Å². The third-order valence-corrected chi connectivity index (χ3v) is 5.46. The van der Waals surface area contributed by atoms with Crippen molar-refractivity contribution in [3.63, 3.8) is 0 Å². The number of hydrogen-bond acceptors (Lipinski definition) is 6. The molecule has 8 nitrogen and oxygen atoms in total. The number of anilines is 2. The SMILES string of the molecule is Cc1cc(C)cc(NC(=O)Cn2nc(-c3ccc(Oc4ccccc4)cc3)c3c(N)ncnc32)c1. The number of benzene rings is 3. The first-order chi connectivity index (χ1) is 17.0. The molecule has 0 aliphatic rings. The zero-order valence-corrected chi connectivity index (χ0v) is 19.4. The Kier molecular flexibility index (Phi) is 5.85. The molecule has 0 aliphatic heterocycles. The van der Waals surface area contributed by atoms with Crippen molar-refractivity contribution < 1.29 is 9.53 Å². The van der Waals surface area contributed by atoms with Gasteiger partial charge in [-0.05, 0) is 73.5 Å². The number of amides is 1. The maximum Gasteiger partial charge on any atom is 0.246 e. The van der Waals surface area contributed by atoms with Gasteiger partial charge in [-0.2, -0.15) is 5.10 Å². The Morgan fingerprint density at radius 3 is 2.34 bits per heavy atom. The smallest absolute Gasteiger partial charge is 0.246 e. The first-order valence-electron chi connectivity index (χ1n) is 11.1. The average Bonchev–Trinajstić information content (AvgIpc) is 3.19. The molecule has 0 atom stereocenters. The molecule has 3 N–H and O–H groups in total. The van der Waals surface area contributed by atoms with E-state index in [0.717, 1.165) is 28.1 Å². The van der Waals surface area contributed by atoms with E-state index in [-0.39, 0.29) is 12.5 Å². The third-order valence-electron chi connectivity index (χ3n) is 5.46. The Morgan fingerprint density at radius 2 is 1.63 bits per heavy atom. The predicted octanol–water partition coefficient (Wildman–Crippen LogP) is 5.12. The Bertz CT molecular complexity index is 1490. The van der Waals surface area contributed by atoms with Crippen LogP contribution < -0.4 is 15.8 Å². The summed E-state index contributed by atoms with van der Waals surface area (Å²) in [5.74, 6) is 1.54. The lowest BCUT2D eigenvalue weighted by atomic mass is 10.1. The third kappa shape index (κ3) is 4.81. The van der Waals surface area contributed by atoms with Crippen LogP contribution in [0.1, 0.15) is 11.1 Å². The number of nitrogen functional groups attached to an aromatic ring is 1. The van der Waals surface area contributed by atoms with Crippen molar-refractivity contribution in [2.75, 3.05) is 11.1 Å². The molecule has 0 fully saturated rings. The molecule has 3 aromatic carbocycles. The van der Waals surface area contributed by atoms with Gasteiger partial charge in [-0.1, -0.05) is 24.3 Å². The number of para-hydroxylation sites is 1. The van der Waals surface area contributed by atoms with Gasteiger partial charge in [-0.15, -0.1) is 0 Å². The topological polar surface area (TPSA) is 108 Å². The van der Waals surface area contributed by atoms with Crippen molar-refractivity contribution in [3.8, 4) is 22.8 Å². The van der Waals surface area contributed by atoms with E-state index < -0.39 is 0 Å². The molecule has 5 rings (SSSR count). The lowest BCUT2D eigenvalue weighted by Crippen LogP contribution is -2.20. The number of aryl methyl sites for hydroxylation is 2. The van der Waals surface area contributed by atoms with Crippen LogP contribution in [0.2, 0.25) is 0 Å². The molecule has 0 radical (unpaired) electrons. The van der Waals surface area contributed by atoms with Gasteiger partial charge in [-0.25, -0.2) is 14.6 Å². The summed E-state index contributed by atoms with van der Waals surface area (Å²) in [6, 6.07) is 23.0. The van der Waals surface area contributed by atoms with E-state index in [9.17, 15) is 4.79 Å². The summed E-state index contributed by atoms with van der Waals surface area (Å²) >= 11 is 0. The van der Waals surface area contributed by atoms with E-state index in [0.29, 0.717) is 28.3 Å². The molecule has 1 amide bonds. The van der Waals surface area contributed by atoms with Gasteiger partial charge in [0.1, 0.15) is 35.9 Å². The Balaban J connectivity index is 1.43. The van der Waals surface area contributed by atoms with Crippen LogP contribution in [-0.4, -0.2) is 25.7 Å².